The molecular weight excluding hydrogens is 1270 g/mol. The van der Waals surface area contributed by atoms with E-state index in [2.05, 4.69) is 387 Å². The molecular formula is C103H74N2. The lowest BCUT2D eigenvalue weighted by molar-refractivity contribution is 0.688. The van der Waals surface area contributed by atoms with Gasteiger partial charge in [0.15, 0.2) is 0 Å². The predicted octanol–water partition coefficient (Wildman–Crippen LogP) is 26.6. The van der Waals surface area contributed by atoms with Gasteiger partial charge in [0, 0.05) is 34.1 Å². The molecule has 20 rings (SSSR count). The molecule has 2 unspecified atom stereocenters. The van der Waals surface area contributed by atoms with Crippen LogP contribution in [0.25, 0.3) is 66.8 Å². The van der Waals surface area contributed by atoms with Crippen LogP contribution in [0.4, 0.5) is 34.1 Å². The Morgan fingerprint density at radius 1 is 0.219 bits per heavy atom. The van der Waals surface area contributed by atoms with Crippen molar-refractivity contribution >= 4 is 34.1 Å². The molecule has 6 aliphatic carbocycles. The molecule has 1 spiro atoms. The highest BCUT2D eigenvalue weighted by molar-refractivity contribution is 5.99. The summed E-state index contributed by atoms with van der Waals surface area (Å²) in [5.41, 5.74) is 37.6. The van der Waals surface area contributed by atoms with Crippen LogP contribution in [0.1, 0.15) is 81.3 Å². The Hall–Kier alpha value is -12.9. The number of nitrogens with zero attached hydrogens (tertiary/aromatic N) is 2. The van der Waals surface area contributed by atoms with Crippen molar-refractivity contribution in [3.05, 3.63) is 467 Å². The highest BCUT2D eigenvalue weighted by Gasteiger charge is 2.54. The van der Waals surface area contributed by atoms with Crippen molar-refractivity contribution in [2.75, 3.05) is 9.80 Å². The molecule has 496 valence electrons. The molecule has 0 N–H and O–H groups in total. The van der Waals surface area contributed by atoms with Gasteiger partial charge in [-0.05, 0) is 232 Å². The first-order valence-corrected chi connectivity index (χ1v) is 37.0. The summed E-state index contributed by atoms with van der Waals surface area (Å²) in [6.07, 6.45) is 17.2. The number of fused-ring (bicyclic) bond motifs is 16. The average Bonchev–Trinajstić information content (AvgIpc) is 1.27. The Balaban J connectivity index is 0.809. The molecule has 0 radical (unpaired) electrons. The molecule has 0 saturated heterocycles. The molecule has 0 bridgehead atoms. The van der Waals surface area contributed by atoms with Gasteiger partial charge < -0.3 is 9.80 Å². The fourth-order valence-corrected chi connectivity index (χ4v) is 19.3. The first-order valence-electron chi connectivity index (χ1n) is 37.0. The molecule has 0 fully saturated rings. The van der Waals surface area contributed by atoms with Gasteiger partial charge in [0.2, 0.25) is 0 Å². The smallest absolute Gasteiger partial charge is 0.0727 e. The maximum Gasteiger partial charge on any atom is 0.0727 e. The van der Waals surface area contributed by atoms with Crippen molar-refractivity contribution in [2.45, 2.75) is 41.9 Å². The minimum absolute atomic E-state index is 0.554. The van der Waals surface area contributed by atoms with Crippen LogP contribution in [0.15, 0.2) is 412 Å². The van der Waals surface area contributed by atoms with Gasteiger partial charge in [-0.25, -0.2) is 0 Å². The van der Waals surface area contributed by atoms with Crippen LogP contribution >= 0.6 is 0 Å². The van der Waals surface area contributed by atoms with E-state index in [0.717, 1.165) is 59.8 Å². The van der Waals surface area contributed by atoms with Crippen molar-refractivity contribution in [3.8, 4) is 66.8 Å². The summed E-state index contributed by atoms with van der Waals surface area (Å²) in [4.78, 5) is 5.07. The van der Waals surface area contributed by atoms with Crippen LogP contribution in [0.2, 0.25) is 0 Å². The maximum atomic E-state index is 4.22. The second-order valence-corrected chi connectivity index (χ2v) is 28.9. The summed E-state index contributed by atoms with van der Waals surface area (Å²) in [5, 5.41) is 0. The fraction of sp³-hybridized carbons (Fsp3) is 0.0680. The highest BCUT2D eigenvalue weighted by atomic mass is 15.1. The molecule has 2 atom stereocenters. The van der Waals surface area contributed by atoms with E-state index < -0.39 is 16.2 Å². The van der Waals surface area contributed by atoms with Crippen molar-refractivity contribution in [1.82, 2.24) is 0 Å². The molecule has 0 aliphatic heterocycles. The lowest BCUT2D eigenvalue weighted by Gasteiger charge is -2.38. The summed E-state index contributed by atoms with van der Waals surface area (Å²) >= 11 is 0. The average molecular weight is 1340 g/mol. The van der Waals surface area contributed by atoms with Crippen molar-refractivity contribution < 1.29 is 0 Å². The minimum Gasteiger partial charge on any atom is -0.310 e. The van der Waals surface area contributed by atoms with Crippen LogP contribution in [0.3, 0.4) is 0 Å². The van der Waals surface area contributed by atoms with Crippen LogP contribution in [0, 0.1) is 0 Å². The first kappa shape index (κ1) is 61.9. The lowest BCUT2D eigenvalue weighted by Crippen LogP contribution is -2.30. The summed E-state index contributed by atoms with van der Waals surface area (Å²) in [6.45, 7) is 8.44. The third-order valence-corrected chi connectivity index (χ3v) is 23.9. The van der Waals surface area contributed by atoms with Crippen LogP contribution in [0.5, 0.6) is 0 Å². The molecule has 14 aromatic rings. The van der Waals surface area contributed by atoms with Crippen molar-refractivity contribution in [2.24, 2.45) is 0 Å². The number of rotatable bonds is 14. The topological polar surface area (TPSA) is 6.48 Å². The number of benzene rings is 14. The molecule has 0 aromatic heterocycles. The van der Waals surface area contributed by atoms with Gasteiger partial charge in [0.05, 0.1) is 16.2 Å². The molecule has 6 aliphatic rings. The number of anilines is 6. The predicted molar refractivity (Wildman–Crippen MR) is 438 cm³/mol. The molecule has 0 heterocycles. The van der Waals surface area contributed by atoms with Crippen molar-refractivity contribution in [1.29, 1.82) is 0 Å². The van der Waals surface area contributed by atoms with E-state index in [1.165, 1.54) is 145 Å². The summed E-state index contributed by atoms with van der Waals surface area (Å²) in [5.74, 6) is 0. The van der Waals surface area contributed by atoms with E-state index in [4.69, 9.17) is 0 Å². The molecule has 2 nitrogen and oxygen atoms in total. The van der Waals surface area contributed by atoms with Gasteiger partial charge in [0.25, 0.3) is 0 Å². The first-order chi connectivity index (χ1) is 52.0. The Bertz CT molecular complexity index is 5620. The fourth-order valence-electron chi connectivity index (χ4n) is 19.3. The Morgan fingerprint density at radius 3 is 0.781 bits per heavy atom. The molecule has 105 heavy (non-hydrogen) atoms. The quantitative estimate of drug-likeness (QED) is 0.107. The zero-order chi connectivity index (χ0) is 69.8. The minimum atomic E-state index is -0.726. The van der Waals surface area contributed by atoms with Gasteiger partial charge in [0.1, 0.15) is 0 Å². The molecule has 14 aromatic carbocycles. The van der Waals surface area contributed by atoms with Gasteiger partial charge in [-0.2, -0.15) is 0 Å². The van der Waals surface area contributed by atoms with E-state index in [9.17, 15) is 0 Å². The number of allylic oxidation sites excluding steroid dienone is 10. The second kappa shape index (κ2) is 24.7. The Labute approximate surface area is 615 Å². The van der Waals surface area contributed by atoms with Gasteiger partial charge >= 0.3 is 0 Å². The van der Waals surface area contributed by atoms with E-state index in [1.807, 2.05) is 12.2 Å². The zero-order valence-corrected chi connectivity index (χ0v) is 58.4. The van der Waals surface area contributed by atoms with Crippen LogP contribution in [-0.4, -0.2) is 0 Å². The lowest BCUT2D eigenvalue weighted by atomic mass is 9.65. The van der Waals surface area contributed by atoms with Gasteiger partial charge in [-0.15, -0.1) is 0 Å². The van der Waals surface area contributed by atoms with E-state index in [-0.39, 0.29) is 0 Å². The Kier molecular flexibility index (Phi) is 14.6. The third kappa shape index (κ3) is 9.29. The summed E-state index contributed by atoms with van der Waals surface area (Å²) in [6, 6.07) is 129. The normalized spacial score (nSPS) is 18.0. The SMILES string of the molecule is C=CC1=CC=C(C2(c3ccccc3)c3ccccc3-c3ccc(N(c4ccc(-c5ccccc5)cc4)c4ccc5c(c4)C4(c6ccccc6-5)c5ccccc5-c5ccc(N(c6ccc(-c7ccccc7)cc6)c6ccc7c(c6)C(C6=CC=C(C=C)CC6)(c6ccccc6)c6ccccc6-7)cc54)cc32)CC1. The van der Waals surface area contributed by atoms with Gasteiger partial charge in [-0.3, -0.25) is 0 Å². The summed E-state index contributed by atoms with van der Waals surface area (Å²) < 4.78 is 0. The number of hydrogen-bond donors (Lipinski definition) is 0. The van der Waals surface area contributed by atoms with E-state index in [1.54, 1.807) is 0 Å². The van der Waals surface area contributed by atoms with Crippen LogP contribution < -0.4 is 9.80 Å². The third-order valence-electron chi connectivity index (χ3n) is 23.9. The molecule has 2 heteroatoms. The maximum absolute atomic E-state index is 4.22. The standard InChI is InChI=1S/C103H74N2/c1-3-69-41-49-77(50-42-69)101(75-29-13-7-14-30-75)93-37-21-17-33-85(93)89-61-57-81(65-97(89)101)104(79-53-45-73(46-54-79)71-25-9-5-10-26-71)83-59-63-91-87-35-19-23-39-95(87)103(99(91)67-83)96-40-24-20-36-88(96)92-64-60-84(68-100(92)103)105(80-55-47-74(48-56-80)72-27-11-6-12-28-72)82-58-62-90-86-34-18-22-38-94(86)102(98(90)66-82,76-31-15-8-16-32-76)78-51-43-70(4-2)44-52-78/h3-41,43,45-49,51,53-68H,1-2,42,44,50,52H2. The summed E-state index contributed by atoms with van der Waals surface area (Å²) in [7, 11) is 0. The van der Waals surface area contributed by atoms with Crippen LogP contribution in [-0.2, 0) is 16.2 Å². The van der Waals surface area contributed by atoms with E-state index >= 15 is 0 Å². The number of hydrogen-bond acceptors (Lipinski definition) is 2. The highest BCUT2D eigenvalue weighted by Crippen LogP contribution is 2.66. The monoisotopic (exact) mass is 1340 g/mol. The zero-order valence-electron chi connectivity index (χ0n) is 58.4. The van der Waals surface area contributed by atoms with Crippen molar-refractivity contribution in [3.63, 3.8) is 0 Å². The van der Waals surface area contributed by atoms with E-state index in [0.29, 0.717) is 0 Å². The Morgan fingerprint density at radius 2 is 0.476 bits per heavy atom. The second-order valence-electron chi connectivity index (χ2n) is 28.9. The molecule has 0 saturated carbocycles. The largest absolute Gasteiger partial charge is 0.310 e. The van der Waals surface area contributed by atoms with Gasteiger partial charge in [-0.1, -0.05) is 328 Å². The molecule has 0 amide bonds.